The number of amides is 2. The van der Waals surface area contributed by atoms with Crippen molar-refractivity contribution in [1.82, 2.24) is 10.2 Å². The Kier molecular flexibility index (Phi) is 9.47. The number of likely N-dealkylation sites (tertiary alicyclic amines) is 1. The molecule has 9 nitrogen and oxygen atoms in total. The van der Waals surface area contributed by atoms with Crippen LogP contribution in [0.15, 0.2) is 48.5 Å². The normalized spacial score (nSPS) is 23.0. The lowest BCUT2D eigenvalue weighted by Crippen LogP contribution is -2.65. The predicted molar refractivity (Wildman–Crippen MR) is 146 cm³/mol. The van der Waals surface area contributed by atoms with E-state index < -0.39 is 47.8 Å². The molecule has 3 N–H and O–H groups in total. The van der Waals surface area contributed by atoms with E-state index in [1.807, 2.05) is 30.3 Å². The smallest absolute Gasteiger partial charge is 0.416 e. The van der Waals surface area contributed by atoms with Gasteiger partial charge in [0.2, 0.25) is 12.7 Å². The van der Waals surface area contributed by atoms with Gasteiger partial charge in [-0.05, 0) is 56.4 Å². The summed E-state index contributed by atoms with van der Waals surface area (Å²) < 4.78 is 57.2. The Morgan fingerprint density at radius 1 is 1.10 bits per heavy atom. The maximum absolute atomic E-state index is 13.7. The van der Waals surface area contributed by atoms with Crippen LogP contribution in [-0.4, -0.2) is 54.9 Å². The number of hydrogen-bond donors (Lipinski definition) is 2. The van der Waals surface area contributed by atoms with Crippen LogP contribution >= 0.6 is 0 Å². The number of nitrogens with one attached hydrogen (secondary N) is 1. The number of carbonyl (C=O) groups excluding carboxylic acids is 3. The summed E-state index contributed by atoms with van der Waals surface area (Å²) in [4.78, 5) is 39.1. The van der Waals surface area contributed by atoms with Crippen molar-refractivity contribution in [2.75, 3.05) is 26.5 Å². The Balaban J connectivity index is 1.65. The van der Waals surface area contributed by atoms with Crippen molar-refractivity contribution in [3.8, 4) is 0 Å². The van der Waals surface area contributed by atoms with E-state index in [1.54, 1.807) is 19.9 Å². The Morgan fingerprint density at radius 3 is 2.48 bits per heavy atom. The zero-order valence-corrected chi connectivity index (χ0v) is 23.7. The van der Waals surface area contributed by atoms with Crippen LogP contribution in [-0.2, 0) is 35.5 Å². The summed E-state index contributed by atoms with van der Waals surface area (Å²) in [6, 6.07) is 12.9. The van der Waals surface area contributed by atoms with E-state index in [0.717, 1.165) is 17.7 Å². The number of rotatable bonds is 9. The van der Waals surface area contributed by atoms with E-state index in [9.17, 15) is 27.6 Å². The third-order valence-corrected chi connectivity index (χ3v) is 7.98. The van der Waals surface area contributed by atoms with Crippen LogP contribution in [0, 0.1) is 6.92 Å². The first-order valence-corrected chi connectivity index (χ1v) is 13.8. The highest BCUT2D eigenvalue weighted by Crippen LogP contribution is 2.45. The van der Waals surface area contributed by atoms with Crippen molar-refractivity contribution in [3.63, 3.8) is 0 Å². The molecular formula is C30H36F3N3O6. The highest BCUT2D eigenvalue weighted by atomic mass is 19.4. The van der Waals surface area contributed by atoms with Crippen molar-refractivity contribution in [3.05, 3.63) is 70.8 Å². The molecule has 0 unspecified atom stereocenters. The van der Waals surface area contributed by atoms with Crippen LogP contribution in [0.25, 0.3) is 0 Å². The predicted octanol–water partition coefficient (Wildman–Crippen LogP) is 4.72. The molecular weight excluding hydrogens is 555 g/mol. The van der Waals surface area contributed by atoms with Gasteiger partial charge in [0.25, 0.3) is 0 Å². The lowest BCUT2D eigenvalue weighted by molar-refractivity contribution is -0.153. The summed E-state index contributed by atoms with van der Waals surface area (Å²) in [7, 11) is 0. The van der Waals surface area contributed by atoms with Crippen LogP contribution < -0.4 is 11.1 Å². The van der Waals surface area contributed by atoms with E-state index in [2.05, 4.69) is 5.32 Å². The molecule has 3 atom stereocenters. The highest BCUT2D eigenvalue weighted by Gasteiger charge is 2.54. The Morgan fingerprint density at radius 2 is 1.83 bits per heavy atom. The second-order valence-corrected chi connectivity index (χ2v) is 11.0. The molecule has 228 valence electrons. The largest absolute Gasteiger partial charge is 0.428 e. The minimum atomic E-state index is -4.51. The van der Waals surface area contributed by atoms with Crippen LogP contribution in [0.4, 0.5) is 18.0 Å². The monoisotopic (exact) mass is 591 g/mol. The summed E-state index contributed by atoms with van der Waals surface area (Å²) in [5.74, 6) is -0.734. The number of piperidine rings is 1. The van der Waals surface area contributed by atoms with Crippen molar-refractivity contribution in [1.29, 1.82) is 0 Å². The number of nitrogens with zero attached hydrogens (tertiary/aromatic N) is 1. The van der Waals surface area contributed by atoms with Gasteiger partial charge in [-0.3, -0.25) is 14.5 Å². The number of aryl methyl sites for hydroxylation is 1. The van der Waals surface area contributed by atoms with E-state index >= 15 is 0 Å². The van der Waals surface area contributed by atoms with Crippen LogP contribution in [0.3, 0.4) is 0 Å². The fourth-order valence-corrected chi connectivity index (χ4v) is 5.70. The van der Waals surface area contributed by atoms with Gasteiger partial charge >= 0.3 is 18.2 Å². The minimum Gasteiger partial charge on any atom is -0.428 e. The second-order valence-electron chi connectivity index (χ2n) is 11.0. The molecule has 0 aliphatic carbocycles. The molecule has 4 rings (SSSR count). The van der Waals surface area contributed by atoms with Gasteiger partial charge in [-0.2, -0.15) is 13.2 Å². The zero-order chi connectivity index (χ0) is 30.5. The van der Waals surface area contributed by atoms with Gasteiger partial charge in [0, 0.05) is 19.5 Å². The third kappa shape index (κ3) is 7.04. The molecule has 2 fully saturated rings. The highest BCUT2D eigenvalue weighted by molar-refractivity contribution is 5.80. The Bertz CT molecular complexity index is 1290. The van der Waals surface area contributed by atoms with Gasteiger partial charge in [0.05, 0.1) is 35.8 Å². The van der Waals surface area contributed by atoms with Gasteiger partial charge < -0.3 is 25.3 Å². The van der Waals surface area contributed by atoms with Gasteiger partial charge in [-0.25, -0.2) is 4.79 Å². The average molecular weight is 592 g/mol. The Hall–Kier alpha value is -3.64. The molecule has 2 amide bonds. The first kappa shape index (κ1) is 31.3. The topological polar surface area (TPSA) is 120 Å². The lowest BCUT2D eigenvalue weighted by Gasteiger charge is -2.52. The molecule has 42 heavy (non-hydrogen) atoms. The SMILES string of the molecule is Cc1cc([C@@H](C)OC[C@@]2(c3ccccc3)CC[C@]3(CCC(=O)N3)CN2C(=O)OCOC(=O)CCN)cc(C(F)(F)F)c1. The van der Waals surface area contributed by atoms with Crippen molar-refractivity contribution >= 4 is 18.0 Å². The number of nitrogens with two attached hydrogens (primary N) is 1. The van der Waals surface area contributed by atoms with E-state index in [4.69, 9.17) is 19.9 Å². The minimum absolute atomic E-state index is 0.0366. The molecule has 0 bridgehead atoms. The fraction of sp³-hybridized carbons (Fsp3) is 0.500. The molecule has 0 aromatic heterocycles. The molecule has 2 aliphatic heterocycles. The molecule has 2 aliphatic rings. The summed E-state index contributed by atoms with van der Waals surface area (Å²) >= 11 is 0. The summed E-state index contributed by atoms with van der Waals surface area (Å²) in [6.07, 6.45) is -4.34. The molecule has 2 aromatic carbocycles. The average Bonchev–Trinajstić information content (AvgIpc) is 3.31. The van der Waals surface area contributed by atoms with Crippen molar-refractivity contribution in [2.24, 2.45) is 5.73 Å². The maximum atomic E-state index is 13.7. The molecule has 12 heteroatoms. The second kappa shape index (κ2) is 12.7. The number of carbonyl (C=O) groups is 3. The quantitative estimate of drug-likeness (QED) is 0.320. The molecule has 2 saturated heterocycles. The molecule has 2 aromatic rings. The summed E-state index contributed by atoms with van der Waals surface area (Å²) in [5, 5.41) is 3.02. The number of halogens is 3. The van der Waals surface area contributed by atoms with Crippen LogP contribution in [0.1, 0.15) is 67.4 Å². The number of benzene rings is 2. The standard InChI is InChI=1S/C30H36F3N3O6/c1-20-14-22(16-24(15-20)30(31,32)33)21(2)40-18-29(23-6-4-3-5-7-23)12-11-28(10-8-25(37)35-28)17-36(29)27(39)42-19-41-26(38)9-13-34/h3-7,14-16,21H,8-13,17-19,34H2,1-2H3,(H,35,37)/t21-,28-,29-/m1/s1. The van der Waals surface area contributed by atoms with Gasteiger partial charge in [0.15, 0.2) is 0 Å². The maximum Gasteiger partial charge on any atom is 0.416 e. The van der Waals surface area contributed by atoms with Gasteiger partial charge in [0.1, 0.15) is 0 Å². The number of ether oxygens (including phenoxy) is 3. The van der Waals surface area contributed by atoms with Gasteiger partial charge in [-0.15, -0.1) is 0 Å². The van der Waals surface area contributed by atoms with Crippen molar-refractivity contribution < 1.29 is 41.8 Å². The number of esters is 1. The van der Waals surface area contributed by atoms with Crippen molar-refractivity contribution in [2.45, 2.75) is 69.3 Å². The summed E-state index contributed by atoms with van der Waals surface area (Å²) in [5.41, 5.74) is 4.36. The van der Waals surface area contributed by atoms with E-state index in [-0.39, 0.29) is 32.0 Å². The Labute approximate surface area is 242 Å². The molecule has 0 saturated carbocycles. The van der Waals surface area contributed by atoms with Gasteiger partial charge in [-0.1, -0.05) is 42.0 Å². The fourth-order valence-electron chi connectivity index (χ4n) is 5.70. The molecule has 0 radical (unpaired) electrons. The zero-order valence-electron chi connectivity index (χ0n) is 23.7. The van der Waals surface area contributed by atoms with Crippen LogP contribution in [0.2, 0.25) is 0 Å². The molecule has 1 spiro atoms. The molecule has 2 heterocycles. The number of alkyl halides is 3. The van der Waals surface area contributed by atoms with E-state index in [1.165, 1.54) is 4.90 Å². The first-order valence-electron chi connectivity index (χ1n) is 13.8. The summed E-state index contributed by atoms with van der Waals surface area (Å²) in [6.45, 7) is 2.74. The third-order valence-electron chi connectivity index (χ3n) is 7.98. The van der Waals surface area contributed by atoms with E-state index in [0.29, 0.717) is 36.8 Å². The number of hydrogen-bond acceptors (Lipinski definition) is 7. The lowest BCUT2D eigenvalue weighted by atomic mass is 9.74. The first-order chi connectivity index (χ1) is 19.9. The van der Waals surface area contributed by atoms with Crippen LogP contribution in [0.5, 0.6) is 0 Å².